The maximum atomic E-state index is 13.1. The summed E-state index contributed by atoms with van der Waals surface area (Å²) in [7, 11) is -2.89. The summed E-state index contributed by atoms with van der Waals surface area (Å²) in [6, 6.07) is 13.8. The summed E-state index contributed by atoms with van der Waals surface area (Å²) in [4.78, 5) is 38.0. The Kier molecular flexibility index (Phi) is 7.10. The number of amides is 1. The van der Waals surface area contributed by atoms with Crippen LogP contribution in [0.4, 0.5) is 0 Å². The fourth-order valence-electron chi connectivity index (χ4n) is 3.46. The molecule has 0 aliphatic heterocycles. The first-order valence-corrected chi connectivity index (χ1v) is 11.5. The van der Waals surface area contributed by atoms with Crippen molar-refractivity contribution in [2.75, 3.05) is 12.9 Å². The Morgan fingerprint density at radius 3 is 2.42 bits per heavy atom. The lowest BCUT2D eigenvalue weighted by Gasteiger charge is -2.06. The van der Waals surface area contributed by atoms with Gasteiger partial charge in [-0.05, 0) is 35.4 Å². The van der Waals surface area contributed by atoms with Crippen LogP contribution in [0.1, 0.15) is 32.8 Å². The molecule has 0 saturated heterocycles. The Morgan fingerprint density at radius 1 is 1.12 bits per heavy atom. The van der Waals surface area contributed by atoms with Gasteiger partial charge in [0, 0.05) is 24.3 Å². The van der Waals surface area contributed by atoms with Gasteiger partial charge in [0.2, 0.25) is 0 Å². The molecule has 0 unspecified atom stereocenters. The average molecular weight is 471 g/mol. The highest BCUT2D eigenvalue weighted by Gasteiger charge is 2.26. The van der Waals surface area contributed by atoms with Gasteiger partial charge in [-0.15, -0.1) is 0 Å². The highest BCUT2D eigenvalue weighted by molar-refractivity contribution is 7.85. The Bertz CT molecular complexity index is 1360. The molecule has 0 radical (unpaired) electrons. The van der Waals surface area contributed by atoms with Gasteiger partial charge >= 0.3 is 0 Å². The van der Waals surface area contributed by atoms with E-state index in [1.807, 2.05) is 18.2 Å². The number of carbonyl (C=O) groups is 3. The highest BCUT2D eigenvalue weighted by atomic mass is 32.2. The molecule has 1 heterocycles. The van der Waals surface area contributed by atoms with Crippen molar-refractivity contribution in [3.63, 3.8) is 0 Å². The third-order valence-corrected chi connectivity index (χ3v) is 5.68. The quantitative estimate of drug-likeness (QED) is 0.361. The summed E-state index contributed by atoms with van der Waals surface area (Å²) in [6.45, 7) is 0. The lowest BCUT2D eigenvalue weighted by atomic mass is 10.0. The van der Waals surface area contributed by atoms with Crippen molar-refractivity contribution in [2.24, 2.45) is 5.73 Å². The van der Waals surface area contributed by atoms with E-state index in [9.17, 15) is 22.8 Å². The van der Waals surface area contributed by atoms with E-state index in [0.717, 1.165) is 10.1 Å². The first-order valence-electron chi connectivity index (χ1n) is 9.86. The van der Waals surface area contributed by atoms with Crippen LogP contribution in [0.25, 0.3) is 17.0 Å². The summed E-state index contributed by atoms with van der Waals surface area (Å²) < 4.78 is 37.3. The van der Waals surface area contributed by atoms with Crippen LogP contribution in [0, 0.1) is 0 Å². The second kappa shape index (κ2) is 9.80. The Balaban J connectivity index is 2.12. The molecular weight excluding hydrogens is 448 g/mol. The number of rotatable bonds is 9. The number of ether oxygens (including phenoxy) is 1. The van der Waals surface area contributed by atoms with E-state index in [4.69, 9.17) is 15.0 Å². The van der Waals surface area contributed by atoms with Crippen LogP contribution in [0.5, 0.6) is 5.75 Å². The number of aromatic nitrogens is 1. The van der Waals surface area contributed by atoms with E-state index < -0.39 is 39.9 Å². The summed E-state index contributed by atoms with van der Waals surface area (Å²) in [6.07, 6.45) is 2.05. The molecule has 3 aromatic rings. The molecule has 0 fully saturated rings. The van der Waals surface area contributed by atoms with Crippen LogP contribution in [0.2, 0.25) is 0 Å². The molecule has 1 amide bonds. The zero-order valence-corrected chi connectivity index (χ0v) is 18.5. The number of methoxy groups -OCH3 is 1. The van der Waals surface area contributed by atoms with Gasteiger partial charge in [0.25, 0.3) is 21.9 Å². The van der Waals surface area contributed by atoms with Crippen molar-refractivity contribution in [3.05, 3.63) is 71.4 Å². The molecule has 1 aromatic heterocycles. The van der Waals surface area contributed by atoms with E-state index >= 15 is 0 Å². The molecule has 0 aliphatic carbocycles. The fraction of sp³-hybridized carbons (Fsp3) is 0.174. The number of nitrogens with two attached hydrogens (primary N) is 1. The molecule has 0 spiro atoms. The largest absolute Gasteiger partial charge is 0.497 e. The number of carbonyl (C=O) groups excluding carboxylic acids is 3. The van der Waals surface area contributed by atoms with Gasteiger partial charge in [0.15, 0.2) is 0 Å². The van der Waals surface area contributed by atoms with Gasteiger partial charge in [-0.1, -0.05) is 30.3 Å². The third kappa shape index (κ3) is 5.73. The molecule has 3 rings (SSSR count). The second-order valence-electron chi connectivity index (χ2n) is 7.24. The zero-order valence-electron chi connectivity index (χ0n) is 17.7. The maximum Gasteiger partial charge on any atom is 0.266 e. The van der Waals surface area contributed by atoms with E-state index in [-0.39, 0.29) is 17.7 Å². The first-order chi connectivity index (χ1) is 15.6. The average Bonchev–Trinajstić information content (AvgIpc) is 3.10. The van der Waals surface area contributed by atoms with Gasteiger partial charge in [0.05, 0.1) is 18.4 Å². The van der Waals surface area contributed by atoms with E-state index in [2.05, 4.69) is 0 Å². The van der Waals surface area contributed by atoms with Crippen LogP contribution < -0.4 is 10.5 Å². The van der Waals surface area contributed by atoms with Gasteiger partial charge in [-0.3, -0.25) is 23.5 Å². The van der Waals surface area contributed by atoms with Crippen molar-refractivity contribution in [1.29, 1.82) is 0 Å². The number of hydrogen-bond acceptors (Lipinski definition) is 6. The predicted molar refractivity (Wildman–Crippen MR) is 123 cm³/mol. The SMILES string of the molecule is COc1ccc2c(c1)c(CC(=O)CCS(=O)(=O)O)c(C(N)=O)n2C(=O)/C=C/c1ccccc1. The molecule has 10 heteroatoms. The van der Waals surface area contributed by atoms with Crippen LogP contribution in [-0.4, -0.2) is 48.0 Å². The molecule has 0 atom stereocenters. The molecule has 0 saturated carbocycles. The van der Waals surface area contributed by atoms with E-state index in [1.165, 1.54) is 13.2 Å². The molecule has 172 valence electrons. The number of fused-ring (bicyclic) bond motifs is 1. The molecule has 3 N–H and O–H groups in total. The minimum absolute atomic E-state index is 0.179. The lowest BCUT2D eigenvalue weighted by molar-refractivity contribution is -0.118. The van der Waals surface area contributed by atoms with E-state index in [0.29, 0.717) is 16.7 Å². The van der Waals surface area contributed by atoms with Crippen molar-refractivity contribution in [1.82, 2.24) is 4.57 Å². The molecule has 0 bridgehead atoms. The Hall–Kier alpha value is -3.76. The normalized spacial score (nSPS) is 11.7. The van der Waals surface area contributed by atoms with E-state index in [1.54, 1.807) is 36.4 Å². The van der Waals surface area contributed by atoms with Crippen LogP contribution in [0.3, 0.4) is 0 Å². The number of benzene rings is 2. The standard InChI is InChI=1S/C23H22N2O7S/c1-32-17-8-9-20-18(14-17)19(13-16(26)11-12-33(29,30)31)22(23(24)28)25(20)21(27)10-7-15-5-3-2-4-6-15/h2-10,14H,11-13H2,1H3,(H2,24,28)(H,29,30,31)/b10-7+. The number of hydrogen-bond donors (Lipinski definition) is 2. The van der Waals surface area contributed by atoms with Crippen molar-refractivity contribution < 1.29 is 32.1 Å². The minimum atomic E-state index is -4.33. The van der Waals surface area contributed by atoms with Crippen molar-refractivity contribution in [2.45, 2.75) is 12.8 Å². The number of ketones is 1. The van der Waals surface area contributed by atoms with Gasteiger partial charge < -0.3 is 10.5 Å². The number of primary amides is 1. The molecule has 9 nitrogen and oxygen atoms in total. The third-order valence-electron chi connectivity index (χ3n) is 4.96. The van der Waals surface area contributed by atoms with Gasteiger partial charge in [-0.25, -0.2) is 0 Å². The summed E-state index contributed by atoms with van der Waals surface area (Å²) >= 11 is 0. The van der Waals surface area contributed by atoms with Crippen molar-refractivity contribution in [3.8, 4) is 5.75 Å². The Labute approximate surface area is 190 Å². The van der Waals surface area contributed by atoms with Gasteiger partial charge in [-0.2, -0.15) is 8.42 Å². The summed E-state index contributed by atoms with van der Waals surface area (Å²) in [5.41, 5.74) is 6.71. The van der Waals surface area contributed by atoms with Crippen LogP contribution >= 0.6 is 0 Å². The van der Waals surface area contributed by atoms with Crippen molar-refractivity contribution >= 4 is 44.7 Å². The van der Waals surface area contributed by atoms with Gasteiger partial charge in [0.1, 0.15) is 17.2 Å². The molecular formula is C23H22N2O7S. The lowest BCUT2D eigenvalue weighted by Crippen LogP contribution is -2.23. The van der Waals surface area contributed by atoms with Crippen LogP contribution in [-0.2, 0) is 21.3 Å². The zero-order chi connectivity index (χ0) is 24.2. The summed E-state index contributed by atoms with van der Waals surface area (Å²) in [5.74, 6) is -2.36. The smallest absolute Gasteiger partial charge is 0.266 e. The minimum Gasteiger partial charge on any atom is -0.497 e. The monoisotopic (exact) mass is 470 g/mol. The number of Topliss-reactive ketones (excluding diaryl/α,β-unsaturated/α-hetero) is 1. The molecule has 33 heavy (non-hydrogen) atoms. The maximum absolute atomic E-state index is 13.1. The number of allylic oxidation sites excluding steroid dienone is 1. The first kappa shape index (κ1) is 23.9. The van der Waals surface area contributed by atoms with Crippen LogP contribution in [0.15, 0.2) is 54.6 Å². The number of nitrogens with zero attached hydrogens (tertiary/aromatic N) is 1. The summed E-state index contributed by atoms with van der Waals surface area (Å²) in [5, 5.41) is 0.393. The Morgan fingerprint density at radius 2 is 1.82 bits per heavy atom. The second-order valence-corrected chi connectivity index (χ2v) is 8.82. The highest BCUT2D eigenvalue weighted by Crippen LogP contribution is 2.31. The predicted octanol–water partition coefficient (Wildman–Crippen LogP) is 2.49. The molecule has 2 aromatic carbocycles. The fourth-order valence-corrected chi connectivity index (χ4v) is 3.95. The topological polar surface area (TPSA) is 146 Å². The molecule has 0 aliphatic rings.